The van der Waals surface area contributed by atoms with Gasteiger partial charge in [0, 0.05) is 49.8 Å². The first kappa shape index (κ1) is 31.4. The summed E-state index contributed by atoms with van der Waals surface area (Å²) in [7, 11) is 0. The van der Waals surface area contributed by atoms with Crippen LogP contribution in [0.15, 0.2) is 203 Å². The van der Waals surface area contributed by atoms with E-state index in [2.05, 4.69) is 198 Å². The van der Waals surface area contributed by atoms with E-state index in [0.29, 0.717) is 0 Å². The number of furan rings is 2. The third-order valence-electron chi connectivity index (χ3n) is 12.1. The Morgan fingerprint density at radius 2 is 0.828 bits per heavy atom. The Labute approximate surface area is 332 Å². The SMILES string of the molecule is c1ccc(N(c2ccccc2)c2ccc3ccc4c(N(c5cc6ccc7cccc8oc(c5)c6c78)c5cccc6c5oc5ccccc56)ccc5ccc2c3c54)cc1. The number of rotatable bonds is 6. The number of para-hydroxylation sites is 4. The molecule has 0 fully saturated rings. The van der Waals surface area contributed by atoms with E-state index in [1.165, 1.54) is 37.7 Å². The van der Waals surface area contributed by atoms with Crippen molar-refractivity contribution in [1.82, 2.24) is 0 Å². The van der Waals surface area contributed by atoms with Crippen LogP contribution in [0.4, 0.5) is 34.1 Å². The van der Waals surface area contributed by atoms with Gasteiger partial charge in [0.1, 0.15) is 16.7 Å². The van der Waals surface area contributed by atoms with E-state index in [1.54, 1.807) is 0 Å². The van der Waals surface area contributed by atoms with Gasteiger partial charge in [-0.25, -0.2) is 0 Å². The Morgan fingerprint density at radius 3 is 1.57 bits per heavy atom. The number of anilines is 6. The van der Waals surface area contributed by atoms with Gasteiger partial charge in [0.2, 0.25) is 0 Å². The maximum absolute atomic E-state index is 6.78. The van der Waals surface area contributed by atoms with E-state index >= 15 is 0 Å². The van der Waals surface area contributed by atoms with Crippen molar-refractivity contribution in [3.63, 3.8) is 0 Å². The van der Waals surface area contributed by atoms with Gasteiger partial charge in [0.15, 0.2) is 5.58 Å². The summed E-state index contributed by atoms with van der Waals surface area (Å²) in [6.45, 7) is 0. The zero-order valence-corrected chi connectivity index (χ0v) is 31.2. The van der Waals surface area contributed by atoms with Crippen molar-refractivity contribution in [3.8, 4) is 0 Å². The zero-order valence-electron chi connectivity index (χ0n) is 31.2. The molecule has 0 saturated carbocycles. The topological polar surface area (TPSA) is 32.8 Å². The molecular formula is C54H32N2O2. The molecule has 0 unspecified atom stereocenters. The highest BCUT2D eigenvalue weighted by Gasteiger charge is 2.25. The van der Waals surface area contributed by atoms with Crippen molar-refractivity contribution in [3.05, 3.63) is 194 Å². The second kappa shape index (κ2) is 11.8. The molecule has 13 rings (SSSR count). The van der Waals surface area contributed by atoms with Gasteiger partial charge in [0.05, 0.1) is 22.7 Å². The van der Waals surface area contributed by atoms with E-state index < -0.39 is 0 Å². The minimum Gasteiger partial charge on any atom is -0.456 e. The van der Waals surface area contributed by atoms with Gasteiger partial charge in [0.25, 0.3) is 0 Å². The smallest absolute Gasteiger partial charge is 0.159 e. The minimum absolute atomic E-state index is 0.842. The molecule has 0 aliphatic heterocycles. The Hall–Kier alpha value is -7.82. The van der Waals surface area contributed by atoms with Crippen molar-refractivity contribution < 1.29 is 8.83 Å². The fourth-order valence-electron chi connectivity index (χ4n) is 9.63. The molecule has 4 heteroatoms. The normalized spacial score (nSPS) is 12.1. The molecule has 0 atom stereocenters. The molecule has 0 aliphatic rings. The number of benzene rings is 11. The predicted octanol–water partition coefficient (Wildman–Crippen LogP) is 15.9. The van der Waals surface area contributed by atoms with E-state index in [1.807, 2.05) is 6.07 Å². The van der Waals surface area contributed by atoms with E-state index in [4.69, 9.17) is 8.83 Å². The van der Waals surface area contributed by atoms with Crippen LogP contribution in [0.25, 0.3) is 87.0 Å². The minimum atomic E-state index is 0.842. The molecule has 58 heavy (non-hydrogen) atoms. The lowest BCUT2D eigenvalue weighted by Crippen LogP contribution is -2.11. The highest BCUT2D eigenvalue weighted by molar-refractivity contribution is 6.29. The number of fused-ring (bicyclic) bond motifs is 3. The Kier molecular flexibility index (Phi) is 6.41. The van der Waals surface area contributed by atoms with Crippen LogP contribution in [0.1, 0.15) is 0 Å². The third-order valence-corrected chi connectivity index (χ3v) is 12.1. The molecule has 0 amide bonds. The lowest BCUT2D eigenvalue weighted by molar-refractivity contribution is 0.667. The summed E-state index contributed by atoms with van der Waals surface area (Å²) < 4.78 is 13.4. The summed E-state index contributed by atoms with van der Waals surface area (Å²) in [5, 5.41) is 14.0. The molecule has 2 aromatic heterocycles. The maximum Gasteiger partial charge on any atom is 0.159 e. The molecular weight excluding hydrogens is 709 g/mol. The van der Waals surface area contributed by atoms with E-state index in [-0.39, 0.29) is 0 Å². The average Bonchev–Trinajstić information content (AvgIpc) is 3.86. The van der Waals surface area contributed by atoms with Gasteiger partial charge in [-0.15, -0.1) is 0 Å². The summed E-state index contributed by atoms with van der Waals surface area (Å²) in [5.41, 5.74) is 9.86. The molecule has 270 valence electrons. The quantitative estimate of drug-likeness (QED) is 0.159. The molecule has 13 aromatic rings. The first-order valence-corrected chi connectivity index (χ1v) is 19.8. The van der Waals surface area contributed by atoms with Crippen LogP contribution in [0.5, 0.6) is 0 Å². The molecule has 2 heterocycles. The van der Waals surface area contributed by atoms with Crippen LogP contribution in [-0.4, -0.2) is 0 Å². The van der Waals surface area contributed by atoms with E-state index in [0.717, 1.165) is 83.4 Å². The van der Waals surface area contributed by atoms with Gasteiger partial charge >= 0.3 is 0 Å². The lowest BCUT2D eigenvalue weighted by atomic mass is 9.91. The van der Waals surface area contributed by atoms with Crippen LogP contribution >= 0.6 is 0 Å². The molecule has 0 bridgehead atoms. The highest BCUT2D eigenvalue weighted by Crippen LogP contribution is 2.50. The van der Waals surface area contributed by atoms with Crippen molar-refractivity contribution in [2.75, 3.05) is 9.80 Å². The Morgan fingerprint density at radius 1 is 0.276 bits per heavy atom. The summed E-state index contributed by atoms with van der Waals surface area (Å²) in [5.74, 6) is 0. The van der Waals surface area contributed by atoms with Crippen LogP contribution in [0.3, 0.4) is 0 Å². The molecule has 0 aliphatic carbocycles. The monoisotopic (exact) mass is 740 g/mol. The summed E-state index contributed by atoms with van der Waals surface area (Å²) in [6, 6.07) is 69.6. The fraction of sp³-hybridized carbons (Fsp3) is 0. The average molecular weight is 741 g/mol. The summed E-state index contributed by atoms with van der Waals surface area (Å²) >= 11 is 0. The second-order valence-electron chi connectivity index (χ2n) is 15.2. The molecule has 11 aromatic carbocycles. The van der Waals surface area contributed by atoms with Gasteiger partial charge in [-0.3, -0.25) is 0 Å². The first-order valence-electron chi connectivity index (χ1n) is 19.8. The molecule has 0 radical (unpaired) electrons. The highest BCUT2D eigenvalue weighted by atomic mass is 16.3. The van der Waals surface area contributed by atoms with Crippen LogP contribution in [0, 0.1) is 0 Å². The molecule has 0 spiro atoms. The third kappa shape index (κ3) is 4.40. The van der Waals surface area contributed by atoms with Crippen LogP contribution in [0.2, 0.25) is 0 Å². The lowest BCUT2D eigenvalue weighted by Gasteiger charge is -2.29. The van der Waals surface area contributed by atoms with Gasteiger partial charge < -0.3 is 18.6 Å². The van der Waals surface area contributed by atoms with Crippen molar-refractivity contribution >= 4 is 121 Å². The Balaban J connectivity index is 1.11. The zero-order chi connectivity index (χ0) is 37.9. The van der Waals surface area contributed by atoms with Crippen LogP contribution < -0.4 is 9.80 Å². The number of hydrogen-bond acceptors (Lipinski definition) is 4. The molecule has 4 nitrogen and oxygen atoms in total. The maximum atomic E-state index is 6.78. The summed E-state index contributed by atoms with van der Waals surface area (Å²) in [4.78, 5) is 4.75. The van der Waals surface area contributed by atoms with Crippen molar-refractivity contribution in [1.29, 1.82) is 0 Å². The molecule has 0 N–H and O–H groups in total. The fourth-order valence-corrected chi connectivity index (χ4v) is 9.63. The Bertz CT molecular complexity index is 3660. The number of nitrogens with zero attached hydrogens (tertiary/aromatic N) is 2. The van der Waals surface area contributed by atoms with Crippen molar-refractivity contribution in [2.45, 2.75) is 0 Å². The molecule has 0 saturated heterocycles. The summed E-state index contributed by atoms with van der Waals surface area (Å²) in [6.07, 6.45) is 0. The largest absolute Gasteiger partial charge is 0.456 e. The number of hydrogen-bond donors (Lipinski definition) is 0. The van der Waals surface area contributed by atoms with Crippen LogP contribution in [-0.2, 0) is 0 Å². The second-order valence-corrected chi connectivity index (χ2v) is 15.2. The van der Waals surface area contributed by atoms with Gasteiger partial charge in [-0.1, -0.05) is 127 Å². The predicted molar refractivity (Wildman–Crippen MR) is 243 cm³/mol. The van der Waals surface area contributed by atoms with Gasteiger partial charge in [-0.05, 0) is 93.0 Å². The van der Waals surface area contributed by atoms with E-state index in [9.17, 15) is 0 Å². The van der Waals surface area contributed by atoms with Gasteiger partial charge in [-0.2, -0.15) is 0 Å². The van der Waals surface area contributed by atoms with Crippen molar-refractivity contribution in [2.24, 2.45) is 0 Å². The standard InChI is InChI=1S/C54H32N2O2/c1-3-12-37(13-4-1)55(38-14-5-2-6-15-38)44-29-25-34-24-28-43-45(30-26-35-23-27-42(44)50(34)51(35)43)56(46-18-10-17-41-40-16-7-8-19-47(40)58-54(41)46)39-31-36-22-21-33-11-9-20-48-52(33)53(36)49(32-39)57-48/h1-32H. The first-order chi connectivity index (χ1) is 28.8.